The summed E-state index contributed by atoms with van der Waals surface area (Å²) < 4.78 is 10.1. The van der Waals surface area contributed by atoms with Crippen LogP contribution in [0.2, 0.25) is 0 Å². The van der Waals surface area contributed by atoms with Gasteiger partial charge in [0.2, 0.25) is 5.91 Å². The average Bonchev–Trinajstić information content (AvgIpc) is 2.51. The number of methoxy groups -OCH3 is 1. The van der Waals surface area contributed by atoms with Crippen molar-refractivity contribution in [2.45, 2.75) is 13.0 Å². The summed E-state index contributed by atoms with van der Waals surface area (Å²) in [6, 6.07) is 14.3. The Kier molecular flexibility index (Phi) is 5.72. The van der Waals surface area contributed by atoms with Crippen LogP contribution in [-0.2, 0) is 14.3 Å². The minimum atomic E-state index is -0.119. The van der Waals surface area contributed by atoms with Crippen LogP contribution in [0.15, 0.2) is 42.5 Å². The van der Waals surface area contributed by atoms with Gasteiger partial charge in [-0.15, -0.1) is 0 Å². The lowest BCUT2D eigenvalue weighted by molar-refractivity contribution is -0.126. The molecule has 21 heavy (non-hydrogen) atoms. The Morgan fingerprint density at radius 3 is 2.67 bits per heavy atom. The number of hydrogen-bond acceptors (Lipinski definition) is 3. The fraction of sp³-hybridized carbons (Fsp3) is 0.353. The molecule has 0 saturated heterocycles. The summed E-state index contributed by atoms with van der Waals surface area (Å²) in [6.07, 6.45) is 0. The van der Waals surface area contributed by atoms with Crippen molar-refractivity contribution in [1.29, 1.82) is 0 Å². The van der Waals surface area contributed by atoms with Crippen LogP contribution >= 0.6 is 0 Å². The van der Waals surface area contributed by atoms with Gasteiger partial charge in [-0.3, -0.25) is 4.79 Å². The van der Waals surface area contributed by atoms with Crippen LogP contribution in [0.25, 0.3) is 10.8 Å². The Morgan fingerprint density at radius 1 is 1.14 bits per heavy atom. The SMILES string of the molecule is COCCOCC(=O)N[C@H](C)c1ccc2ccccc2c1. The molecule has 0 spiro atoms. The highest BCUT2D eigenvalue weighted by molar-refractivity contribution is 5.83. The molecule has 1 atom stereocenters. The minimum absolute atomic E-state index is 0.0480. The number of benzene rings is 2. The van der Waals surface area contributed by atoms with Crippen molar-refractivity contribution in [2.75, 3.05) is 26.9 Å². The highest BCUT2D eigenvalue weighted by atomic mass is 16.5. The van der Waals surface area contributed by atoms with Crippen LogP contribution < -0.4 is 5.32 Å². The van der Waals surface area contributed by atoms with Gasteiger partial charge in [0.25, 0.3) is 0 Å². The second-order valence-electron chi connectivity index (χ2n) is 4.94. The van der Waals surface area contributed by atoms with E-state index in [0.717, 1.165) is 5.56 Å². The van der Waals surface area contributed by atoms with Gasteiger partial charge in [-0.2, -0.15) is 0 Å². The summed E-state index contributed by atoms with van der Waals surface area (Å²) in [6.45, 7) is 2.94. The van der Waals surface area contributed by atoms with E-state index in [0.29, 0.717) is 13.2 Å². The van der Waals surface area contributed by atoms with Crippen molar-refractivity contribution in [2.24, 2.45) is 0 Å². The second-order valence-corrected chi connectivity index (χ2v) is 4.94. The zero-order valence-electron chi connectivity index (χ0n) is 12.5. The molecule has 2 aromatic rings. The van der Waals surface area contributed by atoms with Crippen molar-refractivity contribution in [3.05, 3.63) is 48.0 Å². The van der Waals surface area contributed by atoms with E-state index >= 15 is 0 Å². The van der Waals surface area contributed by atoms with Gasteiger partial charge in [0.15, 0.2) is 0 Å². The predicted molar refractivity (Wildman–Crippen MR) is 83.2 cm³/mol. The molecule has 1 amide bonds. The first kappa shape index (κ1) is 15.5. The summed E-state index contributed by atoms with van der Waals surface area (Å²) in [4.78, 5) is 11.8. The number of carbonyl (C=O) groups excluding carboxylic acids is 1. The van der Waals surface area contributed by atoms with E-state index in [1.54, 1.807) is 7.11 Å². The van der Waals surface area contributed by atoms with Gasteiger partial charge >= 0.3 is 0 Å². The third-order valence-corrected chi connectivity index (χ3v) is 3.32. The van der Waals surface area contributed by atoms with Gasteiger partial charge in [-0.25, -0.2) is 0 Å². The van der Waals surface area contributed by atoms with E-state index in [9.17, 15) is 4.79 Å². The molecule has 0 aliphatic rings. The van der Waals surface area contributed by atoms with Gasteiger partial charge in [0.05, 0.1) is 19.3 Å². The molecule has 0 saturated carbocycles. The van der Waals surface area contributed by atoms with E-state index in [2.05, 4.69) is 29.6 Å². The summed E-state index contributed by atoms with van der Waals surface area (Å²) in [7, 11) is 1.60. The fourth-order valence-electron chi connectivity index (χ4n) is 2.15. The molecule has 2 rings (SSSR count). The lowest BCUT2D eigenvalue weighted by Gasteiger charge is -2.15. The first-order chi connectivity index (χ1) is 10.2. The molecule has 0 radical (unpaired) electrons. The number of rotatable bonds is 7. The molecule has 0 aliphatic heterocycles. The second kappa shape index (κ2) is 7.76. The molecular weight excluding hydrogens is 266 g/mol. The van der Waals surface area contributed by atoms with Crippen LogP contribution in [-0.4, -0.2) is 32.8 Å². The molecule has 0 unspecified atom stereocenters. The zero-order valence-corrected chi connectivity index (χ0v) is 12.5. The standard InChI is InChI=1S/C17H21NO3/c1-13(18-17(19)12-21-10-9-20-2)15-8-7-14-5-3-4-6-16(14)11-15/h3-8,11,13H,9-10,12H2,1-2H3,(H,18,19)/t13-/m1/s1. The third-order valence-electron chi connectivity index (χ3n) is 3.32. The van der Waals surface area contributed by atoms with Crippen LogP contribution in [0.3, 0.4) is 0 Å². The highest BCUT2D eigenvalue weighted by Crippen LogP contribution is 2.20. The molecule has 0 aliphatic carbocycles. The molecule has 2 aromatic carbocycles. The van der Waals surface area contributed by atoms with Gasteiger partial charge in [0, 0.05) is 7.11 Å². The largest absolute Gasteiger partial charge is 0.382 e. The van der Waals surface area contributed by atoms with Crippen molar-refractivity contribution < 1.29 is 14.3 Å². The number of hydrogen-bond donors (Lipinski definition) is 1. The number of amides is 1. The smallest absolute Gasteiger partial charge is 0.246 e. The van der Waals surface area contributed by atoms with Gasteiger partial charge in [0.1, 0.15) is 6.61 Å². The Hall–Kier alpha value is -1.91. The van der Waals surface area contributed by atoms with E-state index in [-0.39, 0.29) is 18.6 Å². The van der Waals surface area contributed by atoms with Crippen LogP contribution in [0.1, 0.15) is 18.5 Å². The fourth-order valence-corrected chi connectivity index (χ4v) is 2.15. The van der Waals surface area contributed by atoms with E-state index in [4.69, 9.17) is 9.47 Å². The molecular formula is C17H21NO3. The average molecular weight is 287 g/mol. The minimum Gasteiger partial charge on any atom is -0.382 e. The monoisotopic (exact) mass is 287 g/mol. The van der Waals surface area contributed by atoms with Crippen LogP contribution in [0, 0.1) is 0 Å². The van der Waals surface area contributed by atoms with Gasteiger partial charge in [-0.1, -0.05) is 36.4 Å². The summed E-state index contributed by atoms with van der Waals surface area (Å²) in [5, 5.41) is 5.30. The van der Waals surface area contributed by atoms with Gasteiger partial charge < -0.3 is 14.8 Å². The van der Waals surface area contributed by atoms with Crippen LogP contribution in [0.4, 0.5) is 0 Å². The molecule has 0 aromatic heterocycles. The molecule has 0 bridgehead atoms. The zero-order chi connectivity index (χ0) is 15.1. The Balaban J connectivity index is 1.92. The van der Waals surface area contributed by atoms with E-state index in [1.807, 2.05) is 25.1 Å². The first-order valence-corrected chi connectivity index (χ1v) is 7.05. The lowest BCUT2D eigenvalue weighted by atomic mass is 10.0. The normalized spacial score (nSPS) is 12.3. The highest BCUT2D eigenvalue weighted by Gasteiger charge is 2.10. The van der Waals surface area contributed by atoms with Crippen molar-refractivity contribution >= 4 is 16.7 Å². The predicted octanol–water partition coefficient (Wildman–Crippen LogP) is 2.68. The molecule has 0 fully saturated rings. The van der Waals surface area contributed by atoms with Crippen molar-refractivity contribution in [3.63, 3.8) is 0 Å². The molecule has 4 nitrogen and oxygen atoms in total. The Bertz CT molecular complexity index is 597. The summed E-state index contributed by atoms with van der Waals surface area (Å²) in [5.41, 5.74) is 1.08. The molecule has 112 valence electrons. The maximum absolute atomic E-state index is 11.8. The first-order valence-electron chi connectivity index (χ1n) is 7.05. The Morgan fingerprint density at radius 2 is 1.90 bits per heavy atom. The molecule has 1 N–H and O–H groups in total. The van der Waals surface area contributed by atoms with Crippen molar-refractivity contribution in [3.8, 4) is 0 Å². The maximum Gasteiger partial charge on any atom is 0.246 e. The van der Waals surface area contributed by atoms with Crippen molar-refractivity contribution in [1.82, 2.24) is 5.32 Å². The topological polar surface area (TPSA) is 47.6 Å². The van der Waals surface area contributed by atoms with E-state index < -0.39 is 0 Å². The number of ether oxygens (including phenoxy) is 2. The lowest BCUT2D eigenvalue weighted by Crippen LogP contribution is -2.30. The number of nitrogens with one attached hydrogen (secondary N) is 1. The maximum atomic E-state index is 11.8. The van der Waals surface area contributed by atoms with Gasteiger partial charge in [-0.05, 0) is 29.3 Å². The summed E-state index contributed by atoms with van der Waals surface area (Å²) in [5.74, 6) is -0.119. The van der Waals surface area contributed by atoms with E-state index in [1.165, 1.54) is 10.8 Å². The quantitative estimate of drug-likeness (QED) is 0.796. The molecule has 0 heterocycles. The summed E-state index contributed by atoms with van der Waals surface area (Å²) >= 11 is 0. The number of carbonyl (C=O) groups is 1. The number of fused-ring (bicyclic) bond motifs is 1. The Labute approximate surface area is 125 Å². The van der Waals surface area contributed by atoms with Crippen LogP contribution in [0.5, 0.6) is 0 Å². The molecule has 4 heteroatoms. The third kappa shape index (κ3) is 4.55.